The van der Waals surface area contributed by atoms with Crippen LogP contribution in [0.25, 0.3) is 0 Å². The number of hydrogen-bond donors (Lipinski definition) is 2. The Balaban J connectivity index is 2.11. The van der Waals surface area contributed by atoms with E-state index in [0.29, 0.717) is 19.7 Å². The van der Waals surface area contributed by atoms with E-state index in [1.54, 1.807) is 18.2 Å². The second kappa shape index (κ2) is 11.0. The van der Waals surface area contributed by atoms with Crippen LogP contribution in [-0.4, -0.2) is 57.7 Å². The summed E-state index contributed by atoms with van der Waals surface area (Å²) in [4.78, 5) is 6.95. The van der Waals surface area contributed by atoms with E-state index in [-0.39, 0.29) is 11.4 Å². The lowest BCUT2D eigenvalue weighted by atomic mass is 10.2. The molecule has 0 amide bonds. The standard InChI is InChI=1S/C20H31N5O3S/c1-5-21-20(25(3)16-18-9-7-12-24(18)2)22-15-17-8-6-10-19(14-17)29(26,27)23-11-13-28-4/h6-10,12,14,23H,5,11,13,15-16H2,1-4H3,(H,21,22). The van der Waals surface area contributed by atoms with Gasteiger partial charge in [-0.3, -0.25) is 0 Å². The fraction of sp³-hybridized carbons (Fsp3) is 0.450. The van der Waals surface area contributed by atoms with Gasteiger partial charge in [0.2, 0.25) is 10.0 Å². The average Bonchev–Trinajstić information content (AvgIpc) is 3.10. The van der Waals surface area contributed by atoms with Gasteiger partial charge in [-0.1, -0.05) is 12.1 Å². The van der Waals surface area contributed by atoms with Gasteiger partial charge in [0.25, 0.3) is 0 Å². The lowest BCUT2D eigenvalue weighted by Gasteiger charge is -2.22. The van der Waals surface area contributed by atoms with Crippen LogP contribution in [0.5, 0.6) is 0 Å². The number of nitrogens with zero attached hydrogens (tertiary/aromatic N) is 3. The summed E-state index contributed by atoms with van der Waals surface area (Å²) in [5.41, 5.74) is 2.00. The lowest BCUT2D eigenvalue weighted by molar-refractivity contribution is 0.204. The first-order chi connectivity index (χ1) is 13.9. The van der Waals surface area contributed by atoms with Crippen molar-refractivity contribution in [3.05, 3.63) is 53.9 Å². The molecule has 1 aromatic heterocycles. The Morgan fingerprint density at radius 2 is 2.07 bits per heavy atom. The largest absolute Gasteiger partial charge is 0.383 e. The quantitative estimate of drug-likeness (QED) is 0.345. The van der Waals surface area contributed by atoms with Crippen molar-refractivity contribution in [2.45, 2.75) is 24.9 Å². The van der Waals surface area contributed by atoms with E-state index in [1.165, 1.54) is 12.8 Å². The number of benzene rings is 1. The van der Waals surface area contributed by atoms with Gasteiger partial charge in [-0.15, -0.1) is 0 Å². The number of methoxy groups -OCH3 is 1. The maximum atomic E-state index is 12.4. The number of aliphatic imine (C=N–C) groups is 1. The van der Waals surface area contributed by atoms with Gasteiger partial charge >= 0.3 is 0 Å². The van der Waals surface area contributed by atoms with Gasteiger partial charge in [-0.25, -0.2) is 18.1 Å². The van der Waals surface area contributed by atoms with Crippen molar-refractivity contribution >= 4 is 16.0 Å². The van der Waals surface area contributed by atoms with Gasteiger partial charge in [-0.05, 0) is 36.8 Å². The zero-order valence-electron chi connectivity index (χ0n) is 17.6. The number of aromatic nitrogens is 1. The summed E-state index contributed by atoms with van der Waals surface area (Å²) in [5, 5.41) is 3.29. The first kappa shape index (κ1) is 22.9. The molecule has 0 saturated carbocycles. The molecule has 0 radical (unpaired) electrons. The molecule has 0 aliphatic rings. The molecule has 0 fully saturated rings. The second-order valence-corrected chi connectivity index (χ2v) is 8.44. The fourth-order valence-electron chi connectivity index (χ4n) is 2.79. The van der Waals surface area contributed by atoms with Gasteiger partial charge in [0.15, 0.2) is 5.96 Å². The molecule has 0 bridgehead atoms. The monoisotopic (exact) mass is 421 g/mol. The maximum absolute atomic E-state index is 12.4. The van der Waals surface area contributed by atoms with E-state index >= 15 is 0 Å². The molecule has 2 N–H and O–H groups in total. The highest BCUT2D eigenvalue weighted by Crippen LogP contribution is 2.13. The van der Waals surface area contributed by atoms with Crippen molar-refractivity contribution in [1.82, 2.24) is 19.5 Å². The minimum absolute atomic E-state index is 0.225. The predicted octanol–water partition coefficient (Wildman–Crippen LogP) is 1.55. The number of rotatable bonds is 10. The molecule has 1 aromatic carbocycles. The summed E-state index contributed by atoms with van der Waals surface area (Å²) in [6.45, 7) is 4.41. The van der Waals surface area contributed by atoms with Gasteiger partial charge in [0, 0.05) is 46.2 Å². The molecule has 1 heterocycles. The van der Waals surface area contributed by atoms with Gasteiger partial charge in [0.1, 0.15) is 0 Å². The molecule has 9 heteroatoms. The zero-order valence-corrected chi connectivity index (χ0v) is 18.4. The van der Waals surface area contributed by atoms with Crippen molar-refractivity contribution < 1.29 is 13.2 Å². The Morgan fingerprint density at radius 3 is 2.72 bits per heavy atom. The predicted molar refractivity (Wildman–Crippen MR) is 115 cm³/mol. The summed E-state index contributed by atoms with van der Waals surface area (Å²) < 4.78 is 34.3. The number of aryl methyl sites for hydroxylation is 1. The molecule has 0 spiro atoms. The SMILES string of the molecule is CCNC(=NCc1cccc(S(=O)(=O)NCCOC)c1)N(C)Cc1cccn1C. The Kier molecular flexibility index (Phi) is 8.69. The Bertz CT molecular complexity index is 908. The molecular weight excluding hydrogens is 390 g/mol. The van der Waals surface area contributed by atoms with Crippen LogP contribution in [0.3, 0.4) is 0 Å². The van der Waals surface area contributed by atoms with Crippen LogP contribution < -0.4 is 10.0 Å². The normalized spacial score (nSPS) is 12.2. The minimum atomic E-state index is -3.57. The molecule has 0 atom stereocenters. The second-order valence-electron chi connectivity index (χ2n) is 6.67. The highest BCUT2D eigenvalue weighted by Gasteiger charge is 2.14. The van der Waals surface area contributed by atoms with Crippen LogP contribution in [0.15, 0.2) is 52.5 Å². The minimum Gasteiger partial charge on any atom is -0.383 e. The van der Waals surface area contributed by atoms with Gasteiger partial charge < -0.3 is 19.5 Å². The summed E-state index contributed by atoms with van der Waals surface area (Å²) in [6, 6.07) is 10.9. The van der Waals surface area contributed by atoms with Crippen LogP contribution in [0, 0.1) is 0 Å². The Hall–Kier alpha value is -2.36. The third-order valence-electron chi connectivity index (χ3n) is 4.37. The third-order valence-corrected chi connectivity index (χ3v) is 5.82. The molecule has 160 valence electrons. The summed E-state index contributed by atoms with van der Waals surface area (Å²) in [5.74, 6) is 0.764. The van der Waals surface area contributed by atoms with E-state index in [4.69, 9.17) is 4.74 Å². The highest BCUT2D eigenvalue weighted by atomic mass is 32.2. The lowest BCUT2D eigenvalue weighted by Crippen LogP contribution is -2.38. The molecule has 2 aromatic rings. The first-order valence-corrected chi connectivity index (χ1v) is 11.0. The van der Waals surface area contributed by atoms with Crippen LogP contribution in [0.1, 0.15) is 18.2 Å². The average molecular weight is 422 g/mol. The molecule has 0 unspecified atom stereocenters. The maximum Gasteiger partial charge on any atom is 0.240 e. The number of hydrogen-bond acceptors (Lipinski definition) is 4. The molecule has 2 rings (SSSR count). The summed E-state index contributed by atoms with van der Waals surface area (Å²) in [6.07, 6.45) is 2.01. The first-order valence-electron chi connectivity index (χ1n) is 9.54. The fourth-order valence-corrected chi connectivity index (χ4v) is 3.87. The van der Waals surface area contributed by atoms with Crippen molar-refractivity contribution in [2.24, 2.45) is 12.0 Å². The zero-order chi connectivity index (χ0) is 21.3. The van der Waals surface area contributed by atoms with E-state index in [0.717, 1.165) is 18.1 Å². The molecule has 0 aliphatic carbocycles. The Morgan fingerprint density at radius 1 is 1.28 bits per heavy atom. The number of nitrogens with one attached hydrogen (secondary N) is 2. The molecule has 0 aliphatic heterocycles. The van der Waals surface area contributed by atoms with Gasteiger partial charge in [0.05, 0.1) is 24.6 Å². The van der Waals surface area contributed by atoms with Gasteiger partial charge in [-0.2, -0.15) is 0 Å². The molecular formula is C20H31N5O3S. The van der Waals surface area contributed by atoms with E-state index in [1.807, 2.05) is 44.2 Å². The Labute approximate surface area is 173 Å². The van der Waals surface area contributed by atoms with Crippen LogP contribution in [0.4, 0.5) is 0 Å². The summed E-state index contributed by atoms with van der Waals surface area (Å²) in [7, 11) is 1.96. The molecule has 8 nitrogen and oxygen atoms in total. The molecule has 29 heavy (non-hydrogen) atoms. The third kappa shape index (κ3) is 6.88. The van der Waals surface area contributed by atoms with Crippen molar-refractivity contribution in [2.75, 3.05) is 33.9 Å². The van der Waals surface area contributed by atoms with Crippen molar-refractivity contribution in [3.8, 4) is 0 Å². The van der Waals surface area contributed by atoms with Crippen LogP contribution in [-0.2, 0) is 34.9 Å². The van der Waals surface area contributed by atoms with Crippen molar-refractivity contribution in [1.29, 1.82) is 0 Å². The summed E-state index contributed by atoms with van der Waals surface area (Å²) >= 11 is 0. The van der Waals surface area contributed by atoms with Crippen molar-refractivity contribution in [3.63, 3.8) is 0 Å². The van der Waals surface area contributed by atoms with E-state index < -0.39 is 10.0 Å². The smallest absolute Gasteiger partial charge is 0.240 e. The van der Waals surface area contributed by atoms with E-state index in [2.05, 4.69) is 25.7 Å². The molecule has 0 saturated heterocycles. The number of sulfonamides is 1. The highest BCUT2D eigenvalue weighted by molar-refractivity contribution is 7.89. The van der Waals surface area contributed by atoms with E-state index in [9.17, 15) is 8.42 Å². The van der Waals surface area contributed by atoms with Crippen LogP contribution in [0.2, 0.25) is 0 Å². The topological polar surface area (TPSA) is 88.0 Å². The number of ether oxygens (including phenoxy) is 1. The number of guanidine groups is 1. The van der Waals surface area contributed by atoms with Crippen LogP contribution >= 0.6 is 0 Å².